The molecule has 0 bridgehead atoms. The van der Waals surface area contributed by atoms with E-state index < -0.39 is 11.1 Å². The molecule has 1 unspecified atom stereocenters. The number of carbonyl (C=O) groups is 2. The van der Waals surface area contributed by atoms with Gasteiger partial charge in [0.15, 0.2) is 11.7 Å². The summed E-state index contributed by atoms with van der Waals surface area (Å²) in [6.45, 7) is 6.39. The van der Waals surface area contributed by atoms with E-state index in [0.29, 0.717) is 23.6 Å². The Morgan fingerprint density at radius 1 is 1.09 bits per heavy atom. The van der Waals surface area contributed by atoms with Gasteiger partial charge in [-0.1, -0.05) is 6.07 Å². The molecule has 34 heavy (non-hydrogen) atoms. The Hall–Kier alpha value is -2.81. The van der Waals surface area contributed by atoms with Crippen molar-refractivity contribution in [1.29, 1.82) is 0 Å². The van der Waals surface area contributed by atoms with Crippen molar-refractivity contribution in [2.45, 2.75) is 57.6 Å². The highest BCUT2D eigenvalue weighted by Crippen LogP contribution is 2.65. The van der Waals surface area contributed by atoms with Crippen molar-refractivity contribution in [3.05, 3.63) is 52.0 Å². The predicted octanol–water partition coefficient (Wildman–Crippen LogP) is 4.19. The lowest BCUT2D eigenvalue weighted by atomic mass is 9.74. The molecule has 2 aromatic rings. The van der Waals surface area contributed by atoms with Crippen LogP contribution in [0.15, 0.2) is 40.1 Å². The molecule has 0 amide bonds. The maximum Gasteiger partial charge on any atom is 0.315 e. The highest BCUT2D eigenvalue weighted by molar-refractivity contribution is 9.10. The van der Waals surface area contributed by atoms with Crippen LogP contribution in [0.5, 0.6) is 5.75 Å². The largest absolute Gasteiger partial charge is 0.493 e. The van der Waals surface area contributed by atoms with Crippen molar-refractivity contribution in [2.24, 2.45) is 10.4 Å². The second-order valence-electron chi connectivity index (χ2n) is 10.1. The molecular formula is C25H26BrN3O5. The normalized spacial score (nSPS) is 21.9. The third kappa shape index (κ3) is 4.21. The predicted molar refractivity (Wildman–Crippen MR) is 127 cm³/mol. The minimum atomic E-state index is -0.634. The SMILES string of the molecule is CC(C)(C)OC(=O)CC1=NC2(CO1)c1cc(CC(=O)c3ncc(Br)cn3)ccc1OCC21CC1. The molecule has 1 saturated carbocycles. The zero-order valence-electron chi connectivity index (χ0n) is 19.4. The summed E-state index contributed by atoms with van der Waals surface area (Å²) in [7, 11) is 0. The summed E-state index contributed by atoms with van der Waals surface area (Å²) in [6, 6.07) is 5.75. The second kappa shape index (κ2) is 8.15. The zero-order valence-corrected chi connectivity index (χ0v) is 21.0. The van der Waals surface area contributed by atoms with Crippen LogP contribution in [0.3, 0.4) is 0 Å². The minimum absolute atomic E-state index is 0.00955. The highest BCUT2D eigenvalue weighted by atomic mass is 79.9. The first-order valence-corrected chi connectivity index (χ1v) is 12.1. The van der Waals surface area contributed by atoms with Gasteiger partial charge in [0.1, 0.15) is 29.9 Å². The number of halogens is 1. The number of aliphatic imine (C=N–C) groups is 1. The van der Waals surface area contributed by atoms with Crippen molar-refractivity contribution in [1.82, 2.24) is 9.97 Å². The Kier molecular flexibility index (Phi) is 5.50. The number of esters is 1. The van der Waals surface area contributed by atoms with Crippen LogP contribution in [0.1, 0.15) is 61.8 Å². The number of hydrogen-bond acceptors (Lipinski definition) is 8. The van der Waals surface area contributed by atoms with Crippen LogP contribution in [0, 0.1) is 5.41 Å². The van der Waals surface area contributed by atoms with Gasteiger partial charge in [0.05, 0.1) is 11.1 Å². The van der Waals surface area contributed by atoms with E-state index in [0.717, 1.165) is 29.7 Å². The summed E-state index contributed by atoms with van der Waals surface area (Å²) in [5, 5.41) is 0. The number of rotatable bonds is 5. The number of fused-ring (bicyclic) bond motifs is 3. The fraction of sp³-hybridized carbons (Fsp3) is 0.480. The van der Waals surface area contributed by atoms with Crippen LogP contribution in [-0.2, 0) is 26.2 Å². The molecule has 8 nitrogen and oxygen atoms in total. The molecule has 3 heterocycles. The summed E-state index contributed by atoms with van der Waals surface area (Å²) in [6.07, 6.45) is 5.20. The van der Waals surface area contributed by atoms with E-state index in [-0.39, 0.29) is 35.8 Å². The number of Topliss-reactive ketones (excluding diaryl/α,β-unsaturated/α-hetero) is 1. The van der Waals surface area contributed by atoms with Gasteiger partial charge in [-0.2, -0.15) is 0 Å². The summed E-state index contributed by atoms with van der Waals surface area (Å²) in [5.41, 5.74) is 0.360. The first-order chi connectivity index (χ1) is 16.1. The highest BCUT2D eigenvalue weighted by Gasteiger charge is 2.66. The second-order valence-corrected chi connectivity index (χ2v) is 11.1. The van der Waals surface area contributed by atoms with E-state index in [1.807, 2.05) is 39.0 Å². The molecule has 1 aromatic carbocycles. The number of benzene rings is 1. The van der Waals surface area contributed by atoms with Gasteiger partial charge in [0.2, 0.25) is 5.78 Å². The molecule has 0 saturated heterocycles. The number of hydrogen-bond donors (Lipinski definition) is 0. The zero-order chi connectivity index (χ0) is 24.1. The van der Waals surface area contributed by atoms with Gasteiger partial charge in [0.25, 0.3) is 0 Å². The van der Waals surface area contributed by atoms with E-state index in [1.54, 1.807) is 12.4 Å². The van der Waals surface area contributed by atoms with Crippen LogP contribution < -0.4 is 4.74 Å². The summed E-state index contributed by atoms with van der Waals surface area (Å²) < 4.78 is 18.2. The lowest BCUT2D eigenvalue weighted by Crippen LogP contribution is -2.44. The van der Waals surface area contributed by atoms with E-state index >= 15 is 0 Å². The number of aromatic nitrogens is 2. The van der Waals surface area contributed by atoms with Gasteiger partial charge in [-0.15, -0.1) is 0 Å². The molecule has 1 aromatic heterocycles. The molecule has 9 heteroatoms. The molecule has 3 aliphatic rings. The monoisotopic (exact) mass is 527 g/mol. The van der Waals surface area contributed by atoms with Crippen LogP contribution in [0.4, 0.5) is 0 Å². The van der Waals surface area contributed by atoms with Crippen LogP contribution in [0.2, 0.25) is 0 Å². The standard InChI is InChI=1S/C25H26BrN3O5/c1-23(2,3)34-21(31)10-20-29-25(14-33-20)17-8-15(4-5-19(17)32-13-24(25)6-7-24)9-18(30)22-27-11-16(26)12-28-22/h4-5,8,11-12H,6-7,9-10,13-14H2,1-3H3. The molecule has 5 rings (SSSR count). The Balaban J connectivity index is 1.44. The van der Waals surface area contributed by atoms with Gasteiger partial charge in [-0.05, 0) is 67.2 Å². The van der Waals surface area contributed by atoms with Gasteiger partial charge in [-0.25, -0.2) is 15.0 Å². The van der Waals surface area contributed by atoms with Crippen LogP contribution >= 0.6 is 15.9 Å². The number of ketones is 1. The minimum Gasteiger partial charge on any atom is -0.493 e. The van der Waals surface area contributed by atoms with E-state index in [9.17, 15) is 9.59 Å². The van der Waals surface area contributed by atoms with Gasteiger partial charge < -0.3 is 14.2 Å². The Morgan fingerprint density at radius 2 is 1.82 bits per heavy atom. The van der Waals surface area contributed by atoms with Crippen molar-refractivity contribution < 1.29 is 23.8 Å². The van der Waals surface area contributed by atoms with Gasteiger partial charge in [0, 0.05) is 29.8 Å². The molecule has 2 aliphatic heterocycles. The third-order valence-corrected chi connectivity index (χ3v) is 6.85. The molecule has 1 aliphatic carbocycles. The molecule has 0 radical (unpaired) electrons. The average Bonchev–Trinajstić information content (AvgIpc) is 3.44. The smallest absolute Gasteiger partial charge is 0.315 e. The summed E-state index contributed by atoms with van der Waals surface area (Å²) in [4.78, 5) is 38.4. The molecular weight excluding hydrogens is 502 g/mol. The molecule has 1 fully saturated rings. The van der Waals surface area contributed by atoms with Gasteiger partial charge in [-0.3, -0.25) is 9.59 Å². The Labute approximate surface area is 206 Å². The maximum absolute atomic E-state index is 12.8. The fourth-order valence-electron chi connectivity index (χ4n) is 4.65. The Bertz CT molecular complexity index is 1180. The number of ether oxygens (including phenoxy) is 3. The van der Waals surface area contributed by atoms with E-state index in [4.69, 9.17) is 19.2 Å². The maximum atomic E-state index is 12.8. The van der Waals surface area contributed by atoms with Crippen molar-refractivity contribution >= 4 is 33.6 Å². The third-order valence-electron chi connectivity index (χ3n) is 6.44. The molecule has 2 spiro atoms. The van der Waals surface area contributed by atoms with Crippen molar-refractivity contribution in [2.75, 3.05) is 13.2 Å². The van der Waals surface area contributed by atoms with E-state index in [2.05, 4.69) is 25.9 Å². The topological polar surface area (TPSA) is 100.0 Å². The average molecular weight is 528 g/mol. The Morgan fingerprint density at radius 3 is 2.50 bits per heavy atom. The first kappa shape index (κ1) is 23.0. The summed E-state index contributed by atoms with van der Waals surface area (Å²) >= 11 is 3.28. The molecule has 178 valence electrons. The fourth-order valence-corrected chi connectivity index (χ4v) is 4.86. The molecule has 0 N–H and O–H groups in total. The quantitative estimate of drug-likeness (QED) is 0.424. The van der Waals surface area contributed by atoms with Crippen LogP contribution in [0.25, 0.3) is 0 Å². The summed E-state index contributed by atoms with van der Waals surface area (Å²) in [5.74, 6) is 0.760. The molecule has 1 atom stereocenters. The van der Waals surface area contributed by atoms with Gasteiger partial charge >= 0.3 is 5.97 Å². The van der Waals surface area contributed by atoms with Crippen LogP contribution in [-0.4, -0.2) is 46.4 Å². The van der Waals surface area contributed by atoms with Crippen molar-refractivity contribution in [3.63, 3.8) is 0 Å². The number of carbonyl (C=O) groups excluding carboxylic acids is 2. The lowest BCUT2D eigenvalue weighted by Gasteiger charge is -2.39. The van der Waals surface area contributed by atoms with Crippen molar-refractivity contribution in [3.8, 4) is 5.75 Å². The number of nitrogens with zero attached hydrogens (tertiary/aromatic N) is 3. The van der Waals surface area contributed by atoms with E-state index in [1.165, 1.54) is 0 Å². The lowest BCUT2D eigenvalue weighted by molar-refractivity contribution is -0.153. The first-order valence-electron chi connectivity index (χ1n) is 11.3.